The molecule has 0 bridgehead atoms. The van der Waals surface area contributed by atoms with E-state index >= 15 is 0 Å². The van der Waals surface area contributed by atoms with Gasteiger partial charge in [-0.1, -0.05) is 0 Å². The molecular weight excluding hydrogens is 302 g/mol. The van der Waals surface area contributed by atoms with E-state index in [4.69, 9.17) is 0 Å². The first-order chi connectivity index (χ1) is 7.67. The third-order valence-electron chi connectivity index (χ3n) is 3.19. The molecule has 5 heteroatoms. The van der Waals surface area contributed by atoms with Crippen LogP contribution in [-0.2, 0) is 9.84 Å². The third-order valence-corrected chi connectivity index (χ3v) is 6.27. The number of hydrogen-bond donors (Lipinski definition) is 0. The predicted molar refractivity (Wildman–Crippen MR) is 73.4 cm³/mol. The van der Waals surface area contributed by atoms with E-state index in [2.05, 4.69) is 15.9 Å². The predicted octanol–water partition coefficient (Wildman–Crippen LogP) is 2.76. The van der Waals surface area contributed by atoms with E-state index in [1.54, 1.807) is 19.9 Å². The van der Waals surface area contributed by atoms with Gasteiger partial charge in [0.15, 0.2) is 9.84 Å². The van der Waals surface area contributed by atoms with Crippen LogP contribution in [0.1, 0.15) is 19.4 Å². The van der Waals surface area contributed by atoms with Crippen molar-refractivity contribution in [1.29, 1.82) is 0 Å². The Morgan fingerprint density at radius 3 is 2.53 bits per heavy atom. The van der Waals surface area contributed by atoms with Crippen molar-refractivity contribution in [2.75, 3.05) is 18.5 Å². The van der Waals surface area contributed by atoms with E-state index in [0.717, 1.165) is 15.7 Å². The van der Waals surface area contributed by atoms with E-state index in [-0.39, 0.29) is 0 Å². The molecule has 1 aromatic rings. The molecule has 1 aliphatic heterocycles. The molecule has 0 aromatic heterocycles. The fraction of sp³-hybridized carbons (Fsp3) is 0.500. The van der Waals surface area contributed by atoms with E-state index in [9.17, 15) is 8.42 Å². The SMILES string of the molecule is Cc1cc(Br)c2c(c1)S(=O)(=O)C(C)(C)CN2C. The smallest absolute Gasteiger partial charge is 0.187 e. The van der Waals surface area contributed by atoms with Crippen molar-refractivity contribution in [3.63, 3.8) is 0 Å². The quantitative estimate of drug-likeness (QED) is 0.738. The second-order valence-corrected chi connectivity index (χ2v) is 8.62. The van der Waals surface area contributed by atoms with Gasteiger partial charge in [0.1, 0.15) is 0 Å². The average molecular weight is 318 g/mol. The highest BCUT2D eigenvalue weighted by Gasteiger charge is 2.43. The van der Waals surface area contributed by atoms with Crippen molar-refractivity contribution in [2.45, 2.75) is 30.4 Å². The number of halogens is 1. The van der Waals surface area contributed by atoms with Gasteiger partial charge in [0.25, 0.3) is 0 Å². The monoisotopic (exact) mass is 317 g/mol. The maximum absolute atomic E-state index is 12.5. The zero-order valence-corrected chi connectivity index (χ0v) is 12.8. The highest BCUT2D eigenvalue weighted by atomic mass is 79.9. The maximum Gasteiger partial charge on any atom is 0.187 e. The highest BCUT2D eigenvalue weighted by molar-refractivity contribution is 9.10. The lowest BCUT2D eigenvalue weighted by Gasteiger charge is -2.38. The summed E-state index contributed by atoms with van der Waals surface area (Å²) in [6, 6.07) is 3.70. The zero-order chi connectivity index (χ0) is 13.0. The number of anilines is 1. The molecule has 0 spiro atoms. The van der Waals surface area contributed by atoms with Crippen molar-refractivity contribution in [3.8, 4) is 0 Å². The van der Waals surface area contributed by atoms with Gasteiger partial charge >= 0.3 is 0 Å². The molecule has 2 rings (SSSR count). The minimum atomic E-state index is -3.27. The zero-order valence-electron chi connectivity index (χ0n) is 10.4. The van der Waals surface area contributed by atoms with Crippen LogP contribution in [0.25, 0.3) is 0 Å². The largest absolute Gasteiger partial charge is 0.371 e. The third kappa shape index (κ3) is 1.80. The van der Waals surface area contributed by atoms with Gasteiger partial charge in [0, 0.05) is 18.1 Å². The molecule has 0 aliphatic carbocycles. The average Bonchev–Trinajstić information content (AvgIpc) is 2.12. The van der Waals surface area contributed by atoms with Crippen LogP contribution in [0.2, 0.25) is 0 Å². The first-order valence-corrected chi connectivity index (χ1v) is 7.70. The number of rotatable bonds is 0. The van der Waals surface area contributed by atoms with Crippen molar-refractivity contribution in [2.24, 2.45) is 0 Å². The number of sulfone groups is 1. The molecule has 1 heterocycles. The van der Waals surface area contributed by atoms with Crippen molar-refractivity contribution in [3.05, 3.63) is 22.2 Å². The molecule has 0 radical (unpaired) electrons. The van der Waals surface area contributed by atoms with Gasteiger partial charge in [-0.05, 0) is 54.4 Å². The Kier molecular flexibility index (Phi) is 2.82. The molecule has 0 unspecified atom stereocenters. The molecular formula is C12H16BrNO2S. The number of benzene rings is 1. The van der Waals surface area contributed by atoms with E-state index in [1.165, 1.54) is 0 Å². The van der Waals surface area contributed by atoms with Crippen molar-refractivity contribution in [1.82, 2.24) is 0 Å². The lowest BCUT2D eigenvalue weighted by Crippen LogP contribution is -2.47. The van der Waals surface area contributed by atoms with Gasteiger partial charge < -0.3 is 4.90 Å². The molecule has 0 atom stereocenters. The molecule has 0 N–H and O–H groups in total. The van der Waals surface area contributed by atoms with Crippen LogP contribution in [0.4, 0.5) is 5.69 Å². The van der Waals surface area contributed by atoms with E-state index < -0.39 is 14.6 Å². The van der Waals surface area contributed by atoms with Crippen LogP contribution in [0.5, 0.6) is 0 Å². The summed E-state index contributed by atoms with van der Waals surface area (Å²) in [5, 5.41) is 0. The molecule has 1 aliphatic rings. The van der Waals surface area contributed by atoms with Crippen LogP contribution in [0.3, 0.4) is 0 Å². The standard InChI is InChI=1S/C12H16BrNO2S/c1-8-5-9(13)11-10(6-8)17(15,16)12(2,3)7-14(11)4/h5-6H,7H2,1-4H3. The highest BCUT2D eigenvalue weighted by Crippen LogP contribution is 2.42. The van der Waals surface area contributed by atoms with E-state index in [1.807, 2.05) is 24.9 Å². The van der Waals surface area contributed by atoms with Gasteiger partial charge in [0.2, 0.25) is 0 Å². The van der Waals surface area contributed by atoms with Gasteiger partial charge in [-0.3, -0.25) is 0 Å². The Morgan fingerprint density at radius 1 is 1.35 bits per heavy atom. The minimum Gasteiger partial charge on any atom is -0.371 e. The van der Waals surface area contributed by atoms with Crippen LogP contribution in [0.15, 0.2) is 21.5 Å². The minimum absolute atomic E-state index is 0.433. The van der Waals surface area contributed by atoms with Gasteiger partial charge in [-0.2, -0.15) is 0 Å². The molecule has 0 saturated carbocycles. The van der Waals surface area contributed by atoms with Crippen LogP contribution >= 0.6 is 15.9 Å². The molecule has 0 fully saturated rings. The first-order valence-electron chi connectivity index (χ1n) is 5.43. The van der Waals surface area contributed by atoms with E-state index in [0.29, 0.717) is 11.4 Å². The van der Waals surface area contributed by atoms with Crippen LogP contribution in [0, 0.1) is 6.92 Å². The Morgan fingerprint density at radius 2 is 1.94 bits per heavy atom. The summed E-state index contributed by atoms with van der Waals surface area (Å²) in [6.45, 7) is 5.96. The van der Waals surface area contributed by atoms with Crippen molar-refractivity contribution >= 4 is 31.5 Å². The van der Waals surface area contributed by atoms with Crippen molar-refractivity contribution < 1.29 is 8.42 Å². The van der Waals surface area contributed by atoms with Gasteiger partial charge in [-0.25, -0.2) is 8.42 Å². The number of hydrogen-bond acceptors (Lipinski definition) is 3. The van der Waals surface area contributed by atoms with Gasteiger partial charge in [0.05, 0.1) is 15.3 Å². The molecule has 0 saturated heterocycles. The maximum atomic E-state index is 12.5. The molecule has 3 nitrogen and oxygen atoms in total. The summed E-state index contributed by atoms with van der Waals surface area (Å²) in [5.41, 5.74) is 1.72. The Labute approximate surface area is 111 Å². The topological polar surface area (TPSA) is 37.4 Å². The summed E-state index contributed by atoms with van der Waals surface area (Å²) >= 11 is 3.46. The second-order valence-electron chi connectivity index (χ2n) is 5.21. The normalized spacial score (nSPS) is 21.1. The Balaban J connectivity index is 2.84. The summed E-state index contributed by atoms with van der Waals surface area (Å²) in [4.78, 5) is 2.43. The summed E-state index contributed by atoms with van der Waals surface area (Å²) in [5.74, 6) is 0. The lowest BCUT2D eigenvalue weighted by atomic mass is 10.1. The lowest BCUT2D eigenvalue weighted by molar-refractivity contribution is 0.534. The second kappa shape index (κ2) is 3.72. The first kappa shape index (κ1) is 12.9. The van der Waals surface area contributed by atoms with Crippen LogP contribution in [-0.4, -0.2) is 26.8 Å². The molecule has 94 valence electrons. The Bertz CT molecular complexity index is 578. The van der Waals surface area contributed by atoms with Crippen LogP contribution < -0.4 is 4.90 Å². The summed E-state index contributed by atoms with van der Waals surface area (Å²) < 4.78 is 25.2. The molecule has 0 amide bonds. The molecule has 1 aromatic carbocycles. The number of aryl methyl sites for hydroxylation is 1. The number of nitrogens with zero attached hydrogens (tertiary/aromatic N) is 1. The molecule has 17 heavy (non-hydrogen) atoms. The fourth-order valence-corrected chi connectivity index (χ4v) is 5.14. The summed E-state index contributed by atoms with van der Waals surface area (Å²) in [7, 11) is -1.34. The van der Waals surface area contributed by atoms with Gasteiger partial charge in [-0.15, -0.1) is 0 Å². The summed E-state index contributed by atoms with van der Waals surface area (Å²) in [6.07, 6.45) is 0. The number of fused-ring (bicyclic) bond motifs is 1. The Hall–Kier alpha value is -0.550. The fourth-order valence-electron chi connectivity index (χ4n) is 2.31.